The Balaban J connectivity index is 2.37. The normalized spacial score (nSPS) is 18.5. The molecule has 1 saturated heterocycles. The van der Waals surface area contributed by atoms with Crippen LogP contribution in [0, 0.1) is 5.92 Å². The second-order valence-electron chi connectivity index (χ2n) is 4.65. The largest absolute Gasteiger partial charge is 0.391 e. The van der Waals surface area contributed by atoms with Gasteiger partial charge in [0.15, 0.2) is 0 Å². The summed E-state index contributed by atoms with van der Waals surface area (Å²) in [6.45, 7) is 3.16. The van der Waals surface area contributed by atoms with Crippen molar-refractivity contribution in [3.8, 4) is 0 Å². The standard InChI is InChI=1S/C12H20F3NO/c1-2-5-10(12(13,14)15)6-7-11(17)16-8-3-4-9-16/h10H,2-9H2,1H3. The minimum atomic E-state index is -4.17. The lowest BCUT2D eigenvalue weighted by molar-refractivity contribution is -0.179. The molecule has 1 aliphatic rings. The van der Waals surface area contributed by atoms with E-state index in [9.17, 15) is 18.0 Å². The molecule has 0 aromatic carbocycles. The molecule has 0 aliphatic carbocycles. The lowest BCUT2D eigenvalue weighted by Crippen LogP contribution is -2.30. The van der Waals surface area contributed by atoms with E-state index in [4.69, 9.17) is 0 Å². The van der Waals surface area contributed by atoms with Crippen molar-refractivity contribution in [2.45, 2.75) is 51.6 Å². The van der Waals surface area contributed by atoms with Crippen LogP contribution in [-0.2, 0) is 4.79 Å². The maximum atomic E-state index is 12.6. The van der Waals surface area contributed by atoms with Gasteiger partial charge < -0.3 is 4.90 Å². The second-order valence-corrected chi connectivity index (χ2v) is 4.65. The smallest absolute Gasteiger partial charge is 0.343 e. The van der Waals surface area contributed by atoms with E-state index in [-0.39, 0.29) is 25.2 Å². The summed E-state index contributed by atoms with van der Waals surface area (Å²) < 4.78 is 37.8. The van der Waals surface area contributed by atoms with E-state index in [1.165, 1.54) is 0 Å². The molecule has 1 amide bonds. The topological polar surface area (TPSA) is 20.3 Å². The highest BCUT2D eigenvalue weighted by molar-refractivity contribution is 5.76. The van der Waals surface area contributed by atoms with Crippen LogP contribution >= 0.6 is 0 Å². The predicted molar refractivity (Wildman–Crippen MR) is 59.5 cm³/mol. The van der Waals surface area contributed by atoms with Gasteiger partial charge in [-0.05, 0) is 25.7 Å². The summed E-state index contributed by atoms with van der Waals surface area (Å²) in [5, 5.41) is 0. The Hall–Kier alpha value is -0.740. The van der Waals surface area contributed by atoms with Gasteiger partial charge in [-0.15, -0.1) is 0 Å². The van der Waals surface area contributed by atoms with E-state index in [2.05, 4.69) is 0 Å². The van der Waals surface area contributed by atoms with Crippen LogP contribution in [0.1, 0.15) is 45.4 Å². The molecule has 5 heteroatoms. The number of rotatable bonds is 5. The summed E-state index contributed by atoms with van der Waals surface area (Å²) in [6, 6.07) is 0. The molecular weight excluding hydrogens is 231 g/mol. The van der Waals surface area contributed by atoms with Crippen LogP contribution in [0.15, 0.2) is 0 Å². The molecule has 2 nitrogen and oxygen atoms in total. The molecule has 0 bridgehead atoms. The van der Waals surface area contributed by atoms with Crippen LogP contribution in [0.4, 0.5) is 13.2 Å². The lowest BCUT2D eigenvalue weighted by Gasteiger charge is -2.21. The number of nitrogens with zero attached hydrogens (tertiary/aromatic N) is 1. The molecule has 0 radical (unpaired) electrons. The molecule has 0 N–H and O–H groups in total. The third kappa shape index (κ3) is 4.56. The molecule has 1 fully saturated rings. The summed E-state index contributed by atoms with van der Waals surface area (Å²) in [4.78, 5) is 13.3. The van der Waals surface area contributed by atoms with Crippen molar-refractivity contribution < 1.29 is 18.0 Å². The zero-order valence-electron chi connectivity index (χ0n) is 10.2. The van der Waals surface area contributed by atoms with Crippen LogP contribution in [0.3, 0.4) is 0 Å². The molecule has 0 aromatic heterocycles. The summed E-state index contributed by atoms with van der Waals surface area (Å²) >= 11 is 0. The molecule has 1 unspecified atom stereocenters. The highest BCUT2D eigenvalue weighted by atomic mass is 19.4. The zero-order valence-corrected chi connectivity index (χ0v) is 10.2. The Labute approximate surface area is 100 Å². The number of amides is 1. The quantitative estimate of drug-likeness (QED) is 0.733. The number of alkyl halides is 3. The van der Waals surface area contributed by atoms with Crippen molar-refractivity contribution in [2.24, 2.45) is 5.92 Å². The maximum absolute atomic E-state index is 12.6. The molecule has 17 heavy (non-hydrogen) atoms. The highest BCUT2D eigenvalue weighted by Crippen LogP contribution is 2.33. The number of carbonyl (C=O) groups is 1. The van der Waals surface area contributed by atoms with Crippen LogP contribution in [-0.4, -0.2) is 30.1 Å². The number of halogens is 3. The van der Waals surface area contributed by atoms with Gasteiger partial charge in [-0.3, -0.25) is 4.79 Å². The first-order valence-electron chi connectivity index (χ1n) is 6.29. The maximum Gasteiger partial charge on any atom is 0.391 e. The summed E-state index contributed by atoms with van der Waals surface area (Å²) in [6.07, 6.45) is -1.62. The molecule has 1 atom stereocenters. The third-order valence-corrected chi connectivity index (χ3v) is 3.27. The van der Waals surface area contributed by atoms with E-state index in [0.717, 1.165) is 12.8 Å². The molecule has 1 heterocycles. The van der Waals surface area contributed by atoms with Crippen LogP contribution in [0.5, 0.6) is 0 Å². The SMILES string of the molecule is CCCC(CCC(=O)N1CCCC1)C(F)(F)F. The van der Waals surface area contributed by atoms with Gasteiger partial charge in [0.25, 0.3) is 0 Å². The Morgan fingerprint density at radius 3 is 2.29 bits per heavy atom. The van der Waals surface area contributed by atoms with Gasteiger partial charge in [0.2, 0.25) is 5.91 Å². The first-order valence-corrected chi connectivity index (χ1v) is 6.29. The number of carbonyl (C=O) groups excluding carboxylic acids is 1. The first-order chi connectivity index (χ1) is 7.95. The van der Waals surface area contributed by atoms with Gasteiger partial charge in [-0.2, -0.15) is 13.2 Å². The lowest BCUT2D eigenvalue weighted by atomic mass is 9.97. The molecule has 100 valence electrons. The van der Waals surface area contributed by atoms with Crippen molar-refractivity contribution in [3.05, 3.63) is 0 Å². The third-order valence-electron chi connectivity index (χ3n) is 3.27. The van der Waals surface area contributed by atoms with E-state index in [1.807, 2.05) is 0 Å². The van der Waals surface area contributed by atoms with Crippen molar-refractivity contribution in [1.29, 1.82) is 0 Å². The Morgan fingerprint density at radius 1 is 1.24 bits per heavy atom. The average molecular weight is 251 g/mol. The Morgan fingerprint density at radius 2 is 1.82 bits per heavy atom. The first kappa shape index (κ1) is 14.3. The number of hydrogen-bond acceptors (Lipinski definition) is 1. The summed E-state index contributed by atoms with van der Waals surface area (Å²) in [5.74, 6) is -1.44. The van der Waals surface area contributed by atoms with Crippen LogP contribution in [0.25, 0.3) is 0 Å². The minimum Gasteiger partial charge on any atom is -0.343 e. The van der Waals surface area contributed by atoms with Crippen molar-refractivity contribution in [2.75, 3.05) is 13.1 Å². The highest BCUT2D eigenvalue weighted by Gasteiger charge is 2.38. The van der Waals surface area contributed by atoms with Crippen molar-refractivity contribution >= 4 is 5.91 Å². The minimum absolute atomic E-state index is 0.0319. The molecule has 1 rings (SSSR count). The molecular formula is C12H20F3NO. The molecule has 0 saturated carbocycles. The van der Waals surface area contributed by atoms with E-state index < -0.39 is 12.1 Å². The fourth-order valence-corrected chi connectivity index (χ4v) is 2.24. The monoisotopic (exact) mass is 251 g/mol. The van der Waals surface area contributed by atoms with Crippen molar-refractivity contribution in [3.63, 3.8) is 0 Å². The van der Waals surface area contributed by atoms with Gasteiger partial charge in [-0.1, -0.05) is 13.3 Å². The van der Waals surface area contributed by atoms with E-state index in [0.29, 0.717) is 19.5 Å². The summed E-state index contributed by atoms with van der Waals surface area (Å²) in [7, 11) is 0. The Bertz CT molecular complexity index is 247. The number of likely N-dealkylation sites (tertiary alicyclic amines) is 1. The second kappa shape index (κ2) is 6.26. The molecule has 1 aliphatic heterocycles. The summed E-state index contributed by atoms with van der Waals surface area (Å²) in [5.41, 5.74) is 0. The molecule has 0 spiro atoms. The number of hydrogen-bond donors (Lipinski definition) is 0. The van der Waals surface area contributed by atoms with Gasteiger partial charge in [0, 0.05) is 19.5 Å². The van der Waals surface area contributed by atoms with Gasteiger partial charge in [0.05, 0.1) is 5.92 Å². The average Bonchev–Trinajstić information content (AvgIpc) is 2.75. The van der Waals surface area contributed by atoms with Crippen molar-refractivity contribution in [1.82, 2.24) is 4.90 Å². The predicted octanol–water partition coefficient (Wildman–Crippen LogP) is 3.37. The molecule has 0 aromatic rings. The van der Waals surface area contributed by atoms with E-state index in [1.54, 1.807) is 11.8 Å². The van der Waals surface area contributed by atoms with Gasteiger partial charge in [0.1, 0.15) is 0 Å². The van der Waals surface area contributed by atoms with Crippen LogP contribution < -0.4 is 0 Å². The fourth-order valence-electron chi connectivity index (χ4n) is 2.24. The zero-order chi connectivity index (χ0) is 12.9. The van der Waals surface area contributed by atoms with E-state index >= 15 is 0 Å². The Kier molecular flexibility index (Phi) is 5.28. The fraction of sp³-hybridized carbons (Fsp3) is 0.917. The van der Waals surface area contributed by atoms with Gasteiger partial charge in [-0.25, -0.2) is 0 Å². The van der Waals surface area contributed by atoms with Gasteiger partial charge >= 0.3 is 6.18 Å². The van der Waals surface area contributed by atoms with Crippen LogP contribution in [0.2, 0.25) is 0 Å².